The lowest BCUT2D eigenvalue weighted by Gasteiger charge is -2.21. The van der Waals surface area contributed by atoms with Gasteiger partial charge in [-0.15, -0.1) is 0 Å². The van der Waals surface area contributed by atoms with E-state index in [-0.39, 0.29) is 0 Å². The van der Waals surface area contributed by atoms with E-state index >= 15 is 17.6 Å². The predicted molar refractivity (Wildman–Crippen MR) is 318 cm³/mol. The second-order valence-corrected chi connectivity index (χ2v) is 32.5. The summed E-state index contributed by atoms with van der Waals surface area (Å²) in [6.45, 7) is 14.2. The van der Waals surface area contributed by atoms with Crippen molar-refractivity contribution < 1.29 is 17.6 Å². The van der Waals surface area contributed by atoms with Crippen molar-refractivity contribution in [3.8, 4) is 55.9 Å². The molecular weight excluding hydrogens is 977 g/mol. The van der Waals surface area contributed by atoms with Gasteiger partial charge in [-0.05, 0) is 163 Å². The third kappa shape index (κ3) is 7.97. The summed E-state index contributed by atoms with van der Waals surface area (Å²) in [5.74, 6) is -1.57. The van der Waals surface area contributed by atoms with Crippen molar-refractivity contribution in [2.75, 3.05) is 0 Å². The normalized spacial score (nSPS) is 12.3. The van der Waals surface area contributed by atoms with Crippen LogP contribution in [-0.4, -0.2) is 25.3 Å². The summed E-state index contributed by atoms with van der Waals surface area (Å²) in [7, 11) is -3.00. The van der Waals surface area contributed by atoms with Gasteiger partial charge in [0.2, 0.25) is 0 Å². The Bertz CT molecular complexity index is 4080. The van der Waals surface area contributed by atoms with Gasteiger partial charge >= 0.3 is 0 Å². The summed E-state index contributed by atoms with van der Waals surface area (Å²) < 4.78 is 64.3. The Kier molecular flexibility index (Phi) is 11.0. The van der Waals surface area contributed by atoms with E-state index in [0.29, 0.717) is 21.5 Å². The van der Waals surface area contributed by atoms with Crippen LogP contribution in [0.3, 0.4) is 0 Å². The molecule has 370 valence electrons. The minimum absolute atomic E-state index is 0.391. The number of fused-ring (bicyclic) bond motifs is 8. The van der Waals surface area contributed by atoms with Crippen LogP contribution in [0.5, 0.6) is 0 Å². The standard InChI is InChI=1S/C68H52F4N2Si2/c1-75(2,3)53-25-15-43(16-26-53)41-7-11-45(12-8-41)67-55-29-23-52(74-65-33-21-49(71)37-59(65)60-38-50(72)22-34-66(60)74)40-62(55)68(46-13-9-42(10-14-46)44-17-27-54(28-18-44)76(4,5)6)56-30-24-51(39-61(56)67)73-63-31-19-47(69)35-57(63)58-36-48(70)20-32-64(58)73/h7-40H,1-6H3. The predicted octanol–water partition coefficient (Wildman–Crippen LogP) is 18.5. The summed E-state index contributed by atoms with van der Waals surface area (Å²) in [5.41, 5.74) is 13.3. The summed E-state index contributed by atoms with van der Waals surface area (Å²) in [6.07, 6.45) is 0. The van der Waals surface area contributed by atoms with Gasteiger partial charge in [0, 0.05) is 32.9 Å². The molecule has 0 radical (unpaired) electrons. The number of benzene rings is 11. The molecule has 0 unspecified atom stereocenters. The Balaban J connectivity index is 1.10. The molecule has 0 aliphatic rings. The quantitative estimate of drug-likeness (QED) is 0.0815. The van der Waals surface area contributed by atoms with Crippen LogP contribution in [0.15, 0.2) is 206 Å². The van der Waals surface area contributed by atoms with Crippen LogP contribution in [0.2, 0.25) is 39.3 Å². The zero-order valence-electron chi connectivity index (χ0n) is 43.0. The molecule has 0 N–H and O–H groups in total. The second-order valence-electron chi connectivity index (χ2n) is 22.3. The van der Waals surface area contributed by atoms with Gasteiger partial charge in [-0.25, -0.2) is 17.6 Å². The largest absolute Gasteiger partial charge is 0.309 e. The highest BCUT2D eigenvalue weighted by Gasteiger charge is 2.23. The summed E-state index contributed by atoms with van der Waals surface area (Å²) in [6, 6.07) is 67.5. The first-order chi connectivity index (χ1) is 36.6. The molecule has 0 bridgehead atoms. The monoisotopic (exact) mass is 1030 g/mol. The molecule has 76 heavy (non-hydrogen) atoms. The summed E-state index contributed by atoms with van der Waals surface area (Å²) in [5, 5.41) is 9.32. The van der Waals surface area contributed by atoms with E-state index in [1.165, 1.54) is 58.9 Å². The first-order valence-electron chi connectivity index (χ1n) is 25.8. The second kappa shape index (κ2) is 17.7. The van der Waals surface area contributed by atoms with Crippen molar-refractivity contribution in [2.45, 2.75) is 39.3 Å². The Morgan fingerprint density at radius 2 is 0.513 bits per heavy atom. The maximum atomic E-state index is 15.0. The van der Waals surface area contributed by atoms with E-state index in [2.05, 4.69) is 182 Å². The molecule has 8 heteroatoms. The average molecular weight is 1030 g/mol. The van der Waals surface area contributed by atoms with Crippen LogP contribution in [-0.2, 0) is 0 Å². The minimum atomic E-state index is -1.50. The van der Waals surface area contributed by atoms with E-state index in [1.54, 1.807) is 24.3 Å². The molecular formula is C68H52F4N2Si2. The van der Waals surface area contributed by atoms with Crippen molar-refractivity contribution >= 4 is 91.7 Å². The zero-order chi connectivity index (χ0) is 52.4. The number of nitrogens with zero attached hydrogens (tertiary/aromatic N) is 2. The molecule has 0 aliphatic heterocycles. The Hall–Kier alpha value is -8.31. The minimum Gasteiger partial charge on any atom is -0.309 e. The summed E-state index contributed by atoms with van der Waals surface area (Å²) in [4.78, 5) is 0. The third-order valence-electron chi connectivity index (χ3n) is 15.5. The van der Waals surface area contributed by atoms with Crippen LogP contribution in [0.1, 0.15) is 0 Å². The summed E-state index contributed by atoms with van der Waals surface area (Å²) >= 11 is 0. The molecule has 0 aliphatic carbocycles. The lowest BCUT2D eigenvalue weighted by Crippen LogP contribution is -2.37. The number of hydrogen-bond acceptors (Lipinski definition) is 0. The van der Waals surface area contributed by atoms with Gasteiger partial charge < -0.3 is 9.13 Å². The molecule has 13 aromatic rings. The van der Waals surface area contributed by atoms with Crippen molar-refractivity contribution in [2.24, 2.45) is 0 Å². The maximum Gasteiger partial charge on any atom is 0.123 e. The molecule has 0 saturated heterocycles. The Morgan fingerprint density at radius 3 is 0.789 bits per heavy atom. The average Bonchev–Trinajstić information content (AvgIpc) is 3.91. The van der Waals surface area contributed by atoms with E-state index in [9.17, 15) is 0 Å². The van der Waals surface area contributed by atoms with Gasteiger partial charge in [0.05, 0.1) is 38.2 Å². The number of aromatic nitrogens is 2. The molecule has 11 aromatic carbocycles. The van der Waals surface area contributed by atoms with Crippen LogP contribution in [0, 0.1) is 23.3 Å². The molecule has 2 heterocycles. The molecule has 0 fully saturated rings. The first-order valence-corrected chi connectivity index (χ1v) is 32.8. The van der Waals surface area contributed by atoms with E-state index in [0.717, 1.165) is 99.5 Å². The van der Waals surface area contributed by atoms with Crippen molar-refractivity contribution in [1.82, 2.24) is 9.13 Å². The van der Waals surface area contributed by atoms with Gasteiger partial charge in [-0.3, -0.25) is 0 Å². The van der Waals surface area contributed by atoms with Gasteiger partial charge in [0.25, 0.3) is 0 Å². The topological polar surface area (TPSA) is 9.86 Å². The van der Waals surface area contributed by atoms with Gasteiger partial charge in [-0.1, -0.05) is 159 Å². The maximum absolute atomic E-state index is 15.0. The molecule has 2 nitrogen and oxygen atoms in total. The highest BCUT2D eigenvalue weighted by atomic mass is 28.3. The molecule has 0 saturated carbocycles. The van der Waals surface area contributed by atoms with Crippen molar-refractivity contribution in [3.05, 3.63) is 230 Å². The Morgan fingerprint density at radius 1 is 0.250 bits per heavy atom. The molecule has 0 spiro atoms. The zero-order valence-corrected chi connectivity index (χ0v) is 45.0. The van der Waals surface area contributed by atoms with E-state index in [1.807, 2.05) is 0 Å². The third-order valence-corrected chi connectivity index (χ3v) is 19.6. The van der Waals surface area contributed by atoms with Crippen molar-refractivity contribution in [1.29, 1.82) is 0 Å². The Labute approximate surface area is 440 Å². The fourth-order valence-corrected chi connectivity index (χ4v) is 13.9. The van der Waals surface area contributed by atoms with E-state index < -0.39 is 39.4 Å². The van der Waals surface area contributed by atoms with Crippen LogP contribution in [0.25, 0.3) is 121 Å². The van der Waals surface area contributed by atoms with E-state index in [4.69, 9.17) is 0 Å². The van der Waals surface area contributed by atoms with Gasteiger partial charge in [0.15, 0.2) is 0 Å². The van der Waals surface area contributed by atoms with Gasteiger partial charge in [-0.2, -0.15) is 0 Å². The first kappa shape index (κ1) is 47.4. The van der Waals surface area contributed by atoms with Crippen LogP contribution < -0.4 is 10.4 Å². The number of halogens is 4. The van der Waals surface area contributed by atoms with Gasteiger partial charge in [0.1, 0.15) is 23.3 Å². The smallest absolute Gasteiger partial charge is 0.123 e. The van der Waals surface area contributed by atoms with Crippen LogP contribution in [0.4, 0.5) is 17.6 Å². The van der Waals surface area contributed by atoms with Crippen LogP contribution >= 0.6 is 0 Å². The molecule has 2 aromatic heterocycles. The fourth-order valence-electron chi connectivity index (χ4n) is 11.6. The molecule has 0 amide bonds. The highest BCUT2D eigenvalue weighted by molar-refractivity contribution is 6.89. The molecule has 13 rings (SSSR count). The SMILES string of the molecule is C[Si](C)(C)c1ccc(-c2ccc(-c3c4ccc(-n5c6ccc(F)cc6c6cc(F)ccc65)cc4c(-c4ccc(-c5ccc([Si](C)(C)C)cc5)cc4)c4ccc(-n5c6ccc(F)cc6c6cc(F)ccc65)cc34)cc2)cc1. The fraction of sp³-hybridized carbons (Fsp3) is 0.0882. The number of hydrogen-bond donors (Lipinski definition) is 0. The van der Waals surface area contributed by atoms with Crippen molar-refractivity contribution in [3.63, 3.8) is 0 Å². The highest BCUT2D eigenvalue weighted by Crippen LogP contribution is 2.47. The lowest BCUT2D eigenvalue weighted by molar-refractivity contribution is 0.628. The lowest BCUT2D eigenvalue weighted by atomic mass is 9.85. The molecule has 0 atom stereocenters. The number of rotatable bonds is 8.